The van der Waals surface area contributed by atoms with E-state index in [9.17, 15) is 14.7 Å². The Kier molecular flexibility index (Phi) is 4.84. The molecule has 1 amide bonds. The van der Waals surface area contributed by atoms with Crippen LogP contribution in [0.3, 0.4) is 0 Å². The quantitative estimate of drug-likeness (QED) is 0.480. The van der Waals surface area contributed by atoms with Crippen molar-refractivity contribution in [3.8, 4) is 5.75 Å². The average molecular weight is 462 g/mol. The first-order valence-corrected chi connectivity index (χ1v) is 7.58. The van der Waals surface area contributed by atoms with Gasteiger partial charge < -0.3 is 15.5 Å². The van der Waals surface area contributed by atoms with Crippen LogP contribution in [-0.4, -0.2) is 22.1 Å². The fourth-order valence-electron chi connectivity index (χ4n) is 1.63. The van der Waals surface area contributed by atoms with Crippen molar-refractivity contribution in [1.82, 2.24) is 0 Å². The molecule has 0 radical (unpaired) electrons. The van der Waals surface area contributed by atoms with Gasteiger partial charge in [-0.15, -0.1) is 0 Å². The van der Waals surface area contributed by atoms with Crippen LogP contribution in [0.15, 0.2) is 40.9 Å². The number of aromatic hydroxyl groups is 1. The minimum atomic E-state index is -1.15. The fraction of sp³-hybridized carbons (Fsp3) is 0. The Hall–Kier alpha value is -1.61. The summed E-state index contributed by atoms with van der Waals surface area (Å²) in [5, 5.41) is 21.1. The Morgan fingerprint density at radius 3 is 2.48 bits per heavy atom. The molecule has 0 fully saturated rings. The van der Waals surface area contributed by atoms with E-state index in [1.54, 1.807) is 12.1 Å². The summed E-state index contributed by atoms with van der Waals surface area (Å²) in [6, 6.07) is 9.01. The smallest absolute Gasteiger partial charge is 0.335 e. The second-order valence-electron chi connectivity index (χ2n) is 4.12. The number of hydrogen-bond acceptors (Lipinski definition) is 3. The number of carbonyl (C=O) groups is 2. The maximum absolute atomic E-state index is 12.2. The molecule has 0 unspecified atom stereocenters. The van der Waals surface area contributed by atoms with Crippen molar-refractivity contribution < 1.29 is 19.8 Å². The molecular formula is C14H9BrINO4. The van der Waals surface area contributed by atoms with Crippen LogP contribution in [0.5, 0.6) is 5.75 Å². The van der Waals surface area contributed by atoms with E-state index in [0.717, 1.165) is 14.1 Å². The van der Waals surface area contributed by atoms with Gasteiger partial charge >= 0.3 is 5.97 Å². The predicted molar refractivity (Wildman–Crippen MR) is 89.9 cm³/mol. The molecule has 5 nitrogen and oxygen atoms in total. The van der Waals surface area contributed by atoms with Crippen molar-refractivity contribution in [1.29, 1.82) is 0 Å². The van der Waals surface area contributed by atoms with E-state index in [1.807, 2.05) is 28.7 Å². The minimum Gasteiger partial charge on any atom is -0.506 e. The molecule has 0 saturated carbocycles. The highest BCUT2D eigenvalue weighted by Crippen LogP contribution is 2.26. The monoisotopic (exact) mass is 461 g/mol. The number of aromatic carboxylic acids is 1. The second-order valence-corrected chi connectivity index (χ2v) is 6.19. The van der Waals surface area contributed by atoms with Gasteiger partial charge in [0.2, 0.25) is 0 Å². The highest BCUT2D eigenvalue weighted by atomic mass is 127. The van der Waals surface area contributed by atoms with E-state index in [2.05, 4.69) is 21.2 Å². The van der Waals surface area contributed by atoms with Crippen LogP contribution in [0, 0.1) is 3.57 Å². The number of carboxylic acids is 1. The summed E-state index contributed by atoms with van der Waals surface area (Å²) < 4.78 is 1.52. The third kappa shape index (κ3) is 3.73. The van der Waals surface area contributed by atoms with Gasteiger partial charge in [0.15, 0.2) is 0 Å². The summed E-state index contributed by atoms with van der Waals surface area (Å²) in [6.45, 7) is 0. The van der Waals surface area contributed by atoms with Crippen LogP contribution in [0.2, 0.25) is 0 Å². The number of amides is 1. The molecule has 0 aromatic heterocycles. The molecule has 2 aromatic rings. The number of carbonyl (C=O) groups excluding carboxylic acids is 1. The molecule has 0 aliphatic carbocycles. The van der Waals surface area contributed by atoms with Gasteiger partial charge in [-0.1, -0.05) is 15.9 Å². The van der Waals surface area contributed by atoms with E-state index >= 15 is 0 Å². The zero-order valence-corrected chi connectivity index (χ0v) is 14.2. The molecule has 108 valence electrons. The summed E-state index contributed by atoms with van der Waals surface area (Å²) in [4.78, 5) is 23.0. The lowest BCUT2D eigenvalue weighted by Gasteiger charge is -2.09. The largest absolute Gasteiger partial charge is 0.506 e. The van der Waals surface area contributed by atoms with Crippen molar-refractivity contribution >= 4 is 56.1 Å². The van der Waals surface area contributed by atoms with Gasteiger partial charge in [0, 0.05) is 8.04 Å². The van der Waals surface area contributed by atoms with Crippen LogP contribution in [0.4, 0.5) is 5.69 Å². The molecular weight excluding hydrogens is 453 g/mol. The van der Waals surface area contributed by atoms with Crippen molar-refractivity contribution in [2.45, 2.75) is 0 Å². The Morgan fingerprint density at radius 1 is 1.14 bits per heavy atom. The Bertz CT molecular complexity index is 733. The van der Waals surface area contributed by atoms with E-state index in [-0.39, 0.29) is 22.9 Å². The molecule has 0 heterocycles. The molecule has 0 bridgehead atoms. The third-order valence-corrected chi connectivity index (χ3v) is 4.10. The van der Waals surface area contributed by atoms with Gasteiger partial charge in [-0.25, -0.2) is 4.79 Å². The number of anilines is 1. The maximum Gasteiger partial charge on any atom is 0.335 e. The molecule has 2 rings (SSSR count). The van der Waals surface area contributed by atoms with Crippen LogP contribution in [0.25, 0.3) is 0 Å². The molecule has 0 saturated heterocycles. The maximum atomic E-state index is 12.2. The molecule has 3 N–H and O–H groups in total. The fourth-order valence-corrected chi connectivity index (χ4v) is 2.57. The lowest BCUT2D eigenvalue weighted by Crippen LogP contribution is -2.13. The van der Waals surface area contributed by atoms with Gasteiger partial charge in [0.25, 0.3) is 5.91 Å². The number of phenols is 1. The number of benzene rings is 2. The van der Waals surface area contributed by atoms with Gasteiger partial charge in [-0.3, -0.25) is 4.79 Å². The zero-order chi connectivity index (χ0) is 15.6. The Labute approximate surface area is 142 Å². The SMILES string of the molecule is O=C(O)c1ccc(NC(=O)c2cc(Br)ccc2I)c(O)c1. The molecule has 0 atom stereocenters. The topological polar surface area (TPSA) is 86.6 Å². The van der Waals surface area contributed by atoms with Gasteiger partial charge in [0.1, 0.15) is 5.75 Å². The number of phenolic OH excluding ortho intramolecular Hbond substituents is 1. The Morgan fingerprint density at radius 2 is 1.86 bits per heavy atom. The van der Waals surface area contributed by atoms with Crippen molar-refractivity contribution in [2.75, 3.05) is 5.32 Å². The number of hydrogen-bond donors (Lipinski definition) is 3. The molecule has 7 heteroatoms. The van der Waals surface area contributed by atoms with Crippen LogP contribution in [0.1, 0.15) is 20.7 Å². The summed E-state index contributed by atoms with van der Waals surface area (Å²) in [7, 11) is 0. The normalized spacial score (nSPS) is 10.2. The number of nitrogens with one attached hydrogen (secondary N) is 1. The highest BCUT2D eigenvalue weighted by molar-refractivity contribution is 14.1. The van der Waals surface area contributed by atoms with Gasteiger partial charge in [-0.05, 0) is 59.0 Å². The molecule has 0 spiro atoms. The third-order valence-electron chi connectivity index (χ3n) is 2.67. The van der Waals surface area contributed by atoms with E-state index in [1.165, 1.54) is 12.1 Å². The van der Waals surface area contributed by atoms with Gasteiger partial charge in [-0.2, -0.15) is 0 Å². The first-order valence-electron chi connectivity index (χ1n) is 5.71. The predicted octanol–water partition coefficient (Wildman–Crippen LogP) is 3.71. The molecule has 21 heavy (non-hydrogen) atoms. The number of carboxylic acid groups (broad SMARTS) is 1. The van der Waals surface area contributed by atoms with Crippen molar-refractivity contribution in [3.63, 3.8) is 0 Å². The summed E-state index contributed by atoms with van der Waals surface area (Å²) in [5.41, 5.74) is 0.551. The molecule has 0 aliphatic rings. The van der Waals surface area contributed by atoms with Gasteiger partial charge in [0.05, 0.1) is 16.8 Å². The van der Waals surface area contributed by atoms with Crippen molar-refractivity contribution in [2.24, 2.45) is 0 Å². The average Bonchev–Trinajstić information content (AvgIpc) is 2.43. The first-order chi connectivity index (χ1) is 9.88. The summed E-state index contributed by atoms with van der Waals surface area (Å²) in [5.74, 6) is -1.84. The summed E-state index contributed by atoms with van der Waals surface area (Å²) in [6.07, 6.45) is 0. The first kappa shape index (κ1) is 15.8. The second kappa shape index (κ2) is 6.44. The van der Waals surface area contributed by atoms with E-state index in [0.29, 0.717) is 5.56 Å². The van der Waals surface area contributed by atoms with Crippen LogP contribution < -0.4 is 5.32 Å². The molecule has 0 aliphatic heterocycles. The van der Waals surface area contributed by atoms with Crippen LogP contribution in [-0.2, 0) is 0 Å². The zero-order valence-electron chi connectivity index (χ0n) is 10.4. The minimum absolute atomic E-state index is 0.0532. The van der Waals surface area contributed by atoms with Crippen molar-refractivity contribution in [3.05, 3.63) is 55.6 Å². The highest BCUT2D eigenvalue weighted by Gasteiger charge is 2.14. The van der Waals surface area contributed by atoms with E-state index in [4.69, 9.17) is 5.11 Å². The number of rotatable bonds is 3. The number of halogens is 2. The lowest BCUT2D eigenvalue weighted by molar-refractivity contribution is 0.0696. The Balaban J connectivity index is 2.27. The standard InChI is InChI=1S/C14H9BrINO4/c15-8-2-3-10(16)9(6-8)13(19)17-11-4-1-7(14(20)21)5-12(11)18/h1-6,18H,(H,17,19)(H,20,21). The summed E-state index contributed by atoms with van der Waals surface area (Å²) >= 11 is 5.33. The molecule has 2 aromatic carbocycles. The lowest BCUT2D eigenvalue weighted by atomic mass is 10.1. The van der Waals surface area contributed by atoms with Crippen LogP contribution >= 0.6 is 38.5 Å². The van der Waals surface area contributed by atoms with E-state index < -0.39 is 5.97 Å².